The molecule has 0 saturated carbocycles. The maximum atomic E-state index is 13.3. The molecule has 0 aliphatic rings. The molecule has 0 bridgehead atoms. The molecule has 0 unspecified atom stereocenters. The number of aromatic amines is 1. The van der Waals surface area contributed by atoms with Crippen molar-refractivity contribution in [1.29, 1.82) is 0 Å². The van der Waals surface area contributed by atoms with Crippen LogP contribution >= 0.6 is 0 Å². The number of H-pyrrole nitrogens is 1. The number of amides is 1. The number of carbonyl (C=O) groups excluding carboxylic acids is 1. The molecule has 13 heteroatoms. The van der Waals surface area contributed by atoms with Crippen molar-refractivity contribution in [1.82, 2.24) is 24.9 Å². The molecule has 1 amide bonds. The van der Waals surface area contributed by atoms with E-state index in [4.69, 9.17) is 5.73 Å². The van der Waals surface area contributed by atoms with Crippen LogP contribution < -0.4 is 16.4 Å². The smallest absolute Gasteiger partial charge is 0.383 e. The molecule has 5 aromatic rings. The number of nitrogens with one attached hydrogen (secondary N) is 3. The summed E-state index contributed by atoms with van der Waals surface area (Å²) in [6, 6.07) is 9.04. The maximum absolute atomic E-state index is 13.3. The van der Waals surface area contributed by atoms with Crippen LogP contribution in [0.4, 0.5) is 34.9 Å². The highest BCUT2D eigenvalue weighted by molar-refractivity contribution is 6.07. The fourth-order valence-electron chi connectivity index (χ4n) is 3.73. The number of nitrogens with zero attached hydrogens (tertiary/aromatic N) is 4. The van der Waals surface area contributed by atoms with Gasteiger partial charge in [0, 0.05) is 36.4 Å². The summed E-state index contributed by atoms with van der Waals surface area (Å²) in [6.45, 7) is 0.113. The van der Waals surface area contributed by atoms with Crippen LogP contribution in [0.25, 0.3) is 22.3 Å². The van der Waals surface area contributed by atoms with Crippen LogP contribution in [0, 0.1) is 5.82 Å². The van der Waals surface area contributed by atoms with E-state index in [-0.39, 0.29) is 23.6 Å². The number of alkyl halides is 3. The van der Waals surface area contributed by atoms with Gasteiger partial charge in [0.2, 0.25) is 0 Å². The van der Waals surface area contributed by atoms with Gasteiger partial charge in [-0.05, 0) is 42.0 Å². The average molecular weight is 522 g/mol. The van der Waals surface area contributed by atoms with Gasteiger partial charge < -0.3 is 21.4 Å². The molecule has 38 heavy (non-hydrogen) atoms. The third-order valence-electron chi connectivity index (χ3n) is 5.62. The largest absolute Gasteiger partial charge is 0.417 e. The summed E-state index contributed by atoms with van der Waals surface area (Å²) in [5.74, 6) is -1.13. The van der Waals surface area contributed by atoms with Crippen molar-refractivity contribution in [2.24, 2.45) is 0 Å². The van der Waals surface area contributed by atoms with Crippen LogP contribution in [0.15, 0.2) is 67.4 Å². The summed E-state index contributed by atoms with van der Waals surface area (Å²) in [5.41, 5.74) is 7.33. The van der Waals surface area contributed by atoms with Gasteiger partial charge in [-0.2, -0.15) is 13.2 Å². The number of halogens is 4. The summed E-state index contributed by atoms with van der Waals surface area (Å²) in [7, 11) is 0. The fourth-order valence-corrected chi connectivity index (χ4v) is 3.73. The Hall–Kier alpha value is -5.07. The van der Waals surface area contributed by atoms with E-state index in [1.807, 2.05) is 0 Å². The SMILES string of the molecule is Nc1ncnc2[nH]cc(-c3ccc(CNc4ncc(C(F)(F)F)cc4C(=O)Nc4ccc(F)cc4)cn3)c12. The molecule has 0 saturated heterocycles. The average Bonchev–Trinajstić information content (AvgIpc) is 3.34. The first-order valence-electron chi connectivity index (χ1n) is 11.1. The van der Waals surface area contributed by atoms with Gasteiger partial charge >= 0.3 is 6.18 Å². The zero-order valence-electron chi connectivity index (χ0n) is 19.3. The highest BCUT2D eigenvalue weighted by atomic mass is 19.4. The first-order valence-corrected chi connectivity index (χ1v) is 11.1. The molecule has 5 rings (SSSR count). The molecule has 0 atom stereocenters. The van der Waals surface area contributed by atoms with Gasteiger partial charge in [-0.25, -0.2) is 19.3 Å². The summed E-state index contributed by atoms with van der Waals surface area (Å²) in [5, 5.41) is 5.98. The molecule has 192 valence electrons. The quantitative estimate of drug-likeness (QED) is 0.230. The van der Waals surface area contributed by atoms with E-state index < -0.39 is 23.5 Å². The number of aromatic nitrogens is 5. The summed E-state index contributed by atoms with van der Waals surface area (Å²) < 4.78 is 53.1. The molecule has 0 radical (unpaired) electrons. The molecule has 5 N–H and O–H groups in total. The second-order valence-corrected chi connectivity index (χ2v) is 8.17. The van der Waals surface area contributed by atoms with E-state index in [0.29, 0.717) is 45.9 Å². The lowest BCUT2D eigenvalue weighted by molar-refractivity contribution is -0.137. The van der Waals surface area contributed by atoms with Gasteiger partial charge in [0.05, 0.1) is 22.2 Å². The van der Waals surface area contributed by atoms with Crippen molar-refractivity contribution in [3.05, 3.63) is 89.9 Å². The highest BCUT2D eigenvalue weighted by Crippen LogP contribution is 2.32. The third kappa shape index (κ3) is 5.07. The Morgan fingerprint density at radius 3 is 2.50 bits per heavy atom. The number of benzene rings is 1. The molecule has 4 aromatic heterocycles. The first kappa shape index (κ1) is 24.6. The second kappa shape index (κ2) is 9.76. The van der Waals surface area contributed by atoms with Gasteiger partial charge in [0.1, 0.15) is 29.4 Å². The minimum atomic E-state index is -4.70. The molecule has 0 spiro atoms. The number of fused-ring (bicyclic) bond motifs is 1. The number of carbonyl (C=O) groups is 1. The molecular weight excluding hydrogens is 504 g/mol. The van der Waals surface area contributed by atoms with Crippen LogP contribution in [0.1, 0.15) is 21.5 Å². The van der Waals surface area contributed by atoms with Crippen LogP contribution in [0.3, 0.4) is 0 Å². The molecule has 0 fully saturated rings. The fraction of sp³-hybridized carbons (Fsp3) is 0.0800. The second-order valence-electron chi connectivity index (χ2n) is 8.17. The number of rotatable bonds is 6. The highest BCUT2D eigenvalue weighted by Gasteiger charge is 2.32. The molecule has 0 aliphatic heterocycles. The lowest BCUT2D eigenvalue weighted by Gasteiger charge is -2.14. The lowest BCUT2D eigenvalue weighted by Crippen LogP contribution is -2.18. The number of anilines is 3. The van der Waals surface area contributed by atoms with Crippen molar-refractivity contribution >= 4 is 34.3 Å². The first-order chi connectivity index (χ1) is 18.2. The van der Waals surface area contributed by atoms with Crippen LogP contribution in [0.2, 0.25) is 0 Å². The Bertz CT molecular complexity index is 1620. The molecular formula is C25H18F4N8O. The van der Waals surface area contributed by atoms with Crippen LogP contribution in [-0.4, -0.2) is 30.8 Å². The zero-order valence-corrected chi connectivity index (χ0v) is 19.3. The standard InChI is InChI=1S/C25H18F4N8O/c26-15-2-4-16(5-3-15)37-24(38)17-7-14(25(27,28)29)10-33-22(17)32-9-13-1-6-19(31-8-13)18-11-34-23-20(18)21(30)35-12-36-23/h1-8,10-12H,9H2,(H,32,33)(H,37,38)(H3,30,34,35,36). The van der Waals surface area contributed by atoms with Crippen molar-refractivity contribution in [2.75, 3.05) is 16.4 Å². The number of pyridine rings is 2. The normalized spacial score (nSPS) is 11.5. The van der Waals surface area contributed by atoms with Gasteiger partial charge in [0.15, 0.2) is 0 Å². The molecule has 0 aliphatic carbocycles. The monoisotopic (exact) mass is 522 g/mol. The van der Waals surface area contributed by atoms with Crippen LogP contribution in [0.5, 0.6) is 0 Å². The number of nitrogen functional groups attached to an aromatic ring is 1. The summed E-state index contributed by atoms with van der Waals surface area (Å²) in [6.07, 6.45) is 0.579. The van der Waals surface area contributed by atoms with E-state index in [1.165, 1.54) is 18.5 Å². The van der Waals surface area contributed by atoms with E-state index in [1.54, 1.807) is 24.5 Å². The van der Waals surface area contributed by atoms with E-state index in [9.17, 15) is 22.4 Å². The minimum Gasteiger partial charge on any atom is -0.383 e. The number of nitrogens with two attached hydrogens (primary N) is 1. The van der Waals surface area contributed by atoms with E-state index in [2.05, 4.69) is 35.6 Å². The van der Waals surface area contributed by atoms with Crippen molar-refractivity contribution in [2.45, 2.75) is 12.7 Å². The van der Waals surface area contributed by atoms with E-state index >= 15 is 0 Å². The van der Waals surface area contributed by atoms with Gasteiger partial charge in [0.25, 0.3) is 5.91 Å². The van der Waals surface area contributed by atoms with Gasteiger partial charge in [-0.3, -0.25) is 9.78 Å². The Labute approximate surface area is 212 Å². The van der Waals surface area contributed by atoms with E-state index in [0.717, 1.165) is 12.1 Å². The van der Waals surface area contributed by atoms with Crippen molar-refractivity contribution < 1.29 is 22.4 Å². The Balaban J connectivity index is 1.37. The zero-order chi connectivity index (χ0) is 26.9. The van der Waals surface area contributed by atoms with Crippen molar-refractivity contribution in [3.8, 4) is 11.3 Å². The van der Waals surface area contributed by atoms with Crippen molar-refractivity contribution in [3.63, 3.8) is 0 Å². The lowest BCUT2D eigenvalue weighted by atomic mass is 10.1. The van der Waals surface area contributed by atoms with Gasteiger partial charge in [-0.15, -0.1) is 0 Å². The molecule has 9 nitrogen and oxygen atoms in total. The predicted molar refractivity (Wildman–Crippen MR) is 132 cm³/mol. The summed E-state index contributed by atoms with van der Waals surface area (Å²) in [4.78, 5) is 32.3. The summed E-state index contributed by atoms with van der Waals surface area (Å²) >= 11 is 0. The minimum absolute atomic E-state index is 0.0664. The number of hydrogen-bond acceptors (Lipinski definition) is 7. The van der Waals surface area contributed by atoms with Crippen LogP contribution in [-0.2, 0) is 12.7 Å². The topological polar surface area (TPSA) is 134 Å². The predicted octanol–water partition coefficient (Wildman–Crippen LogP) is 5.02. The Morgan fingerprint density at radius 2 is 1.79 bits per heavy atom. The van der Waals surface area contributed by atoms with Gasteiger partial charge in [-0.1, -0.05) is 6.07 Å². The molecule has 1 aromatic carbocycles. The Kier molecular flexibility index (Phi) is 6.33. The number of hydrogen-bond donors (Lipinski definition) is 4. The third-order valence-corrected chi connectivity index (χ3v) is 5.62. The Morgan fingerprint density at radius 1 is 1.00 bits per heavy atom. The maximum Gasteiger partial charge on any atom is 0.417 e. The molecule has 4 heterocycles.